The Morgan fingerprint density at radius 1 is 1.65 bits per heavy atom. The highest BCUT2D eigenvalue weighted by molar-refractivity contribution is 9.10. The fourth-order valence-electron chi connectivity index (χ4n) is 2.44. The average molecular weight is 318 g/mol. The van der Waals surface area contributed by atoms with Crippen molar-refractivity contribution >= 4 is 27.3 Å². The second-order valence-electron chi connectivity index (χ2n) is 4.73. The average Bonchev–Trinajstić information content (AvgIpc) is 2.83. The van der Waals surface area contributed by atoms with E-state index in [1.165, 1.54) is 14.2 Å². The van der Waals surface area contributed by atoms with Gasteiger partial charge in [0.25, 0.3) is 0 Å². The Morgan fingerprint density at radius 3 is 2.88 bits per heavy atom. The van der Waals surface area contributed by atoms with Crippen molar-refractivity contribution < 1.29 is 4.74 Å². The van der Waals surface area contributed by atoms with Crippen molar-refractivity contribution in [2.45, 2.75) is 39.3 Å². The van der Waals surface area contributed by atoms with E-state index in [4.69, 9.17) is 4.74 Å². The molecule has 0 amide bonds. The molecule has 96 valence electrons. The molecule has 1 fully saturated rings. The lowest BCUT2D eigenvalue weighted by Gasteiger charge is -2.22. The smallest absolute Gasteiger partial charge is 0.0551 e. The Bertz CT molecular complexity index is 360. The van der Waals surface area contributed by atoms with Crippen LogP contribution in [-0.2, 0) is 4.74 Å². The molecule has 3 atom stereocenters. The van der Waals surface area contributed by atoms with Crippen LogP contribution < -0.4 is 5.32 Å². The van der Waals surface area contributed by atoms with E-state index >= 15 is 0 Å². The van der Waals surface area contributed by atoms with Gasteiger partial charge in [0, 0.05) is 26.2 Å². The van der Waals surface area contributed by atoms with Crippen LogP contribution in [0.25, 0.3) is 0 Å². The zero-order chi connectivity index (χ0) is 12.4. The molecular formula is C13H20BrNOS. The van der Waals surface area contributed by atoms with Crippen molar-refractivity contribution in [1.29, 1.82) is 0 Å². The third-order valence-corrected chi connectivity index (χ3v) is 5.53. The van der Waals surface area contributed by atoms with Gasteiger partial charge in [-0.3, -0.25) is 0 Å². The molecule has 0 bridgehead atoms. The number of hydrogen-bond donors (Lipinski definition) is 1. The third kappa shape index (κ3) is 3.11. The molecule has 1 N–H and O–H groups in total. The van der Waals surface area contributed by atoms with E-state index in [-0.39, 0.29) is 0 Å². The standard InChI is InChI=1S/C13H20BrNOS/c1-4-15-13(10-5-8(2)16-7-10)12-6-11(14)9(3)17-12/h6,8,10,13,15H,4-5,7H2,1-3H3. The van der Waals surface area contributed by atoms with Crippen LogP contribution in [0.15, 0.2) is 10.5 Å². The van der Waals surface area contributed by atoms with E-state index in [0.717, 1.165) is 19.6 Å². The van der Waals surface area contributed by atoms with Gasteiger partial charge in [-0.15, -0.1) is 11.3 Å². The number of aryl methyl sites for hydroxylation is 1. The predicted molar refractivity (Wildman–Crippen MR) is 76.7 cm³/mol. The SMILES string of the molecule is CCNC(c1cc(Br)c(C)s1)C1COC(C)C1. The summed E-state index contributed by atoms with van der Waals surface area (Å²) in [4.78, 5) is 2.79. The van der Waals surface area contributed by atoms with Crippen LogP contribution in [0.5, 0.6) is 0 Å². The Kier molecular flexibility index (Phi) is 4.64. The fourth-order valence-corrected chi connectivity index (χ4v) is 4.17. The first-order valence-corrected chi connectivity index (χ1v) is 7.83. The number of rotatable bonds is 4. The zero-order valence-corrected chi connectivity index (χ0v) is 13.0. The molecule has 1 aliphatic heterocycles. The molecule has 2 heterocycles. The Labute approximate surface area is 116 Å². The molecule has 2 nitrogen and oxygen atoms in total. The van der Waals surface area contributed by atoms with Crippen LogP contribution in [0.3, 0.4) is 0 Å². The highest BCUT2D eigenvalue weighted by Crippen LogP contribution is 2.37. The molecule has 0 aliphatic carbocycles. The first-order valence-electron chi connectivity index (χ1n) is 6.22. The monoisotopic (exact) mass is 317 g/mol. The van der Waals surface area contributed by atoms with E-state index in [9.17, 15) is 0 Å². The lowest BCUT2D eigenvalue weighted by atomic mass is 9.95. The van der Waals surface area contributed by atoms with Crippen molar-refractivity contribution in [2.75, 3.05) is 13.2 Å². The van der Waals surface area contributed by atoms with Crippen molar-refractivity contribution in [2.24, 2.45) is 5.92 Å². The van der Waals surface area contributed by atoms with E-state index in [1.54, 1.807) is 0 Å². The maximum absolute atomic E-state index is 5.70. The zero-order valence-electron chi connectivity index (χ0n) is 10.6. The Hall–Kier alpha value is 0.1000. The maximum Gasteiger partial charge on any atom is 0.0551 e. The Balaban J connectivity index is 2.16. The molecule has 1 saturated heterocycles. The lowest BCUT2D eigenvalue weighted by Crippen LogP contribution is -2.28. The van der Waals surface area contributed by atoms with Gasteiger partial charge in [0.1, 0.15) is 0 Å². The first-order chi connectivity index (χ1) is 8.11. The van der Waals surface area contributed by atoms with Gasteiger partial charge in [0.15, 0.2) is 0 Å². The lowest BCUT2D eigenvalue weighted by molar-refractivity contribution is 0.117. The van der Waals surface area contributed by atoms with Gasteiger partial charge in [-0.25, -0.2) is 0 Å². The van der Waals surface area contributed by atoms with Crippen LogP contribution in [-0.4, -0.2) is 19.3 Å². The van der Waals surface area contributed by atoms with Gasteiger partial charge < -0.3 is 10.1 Å². The van der Waals surface area contributed by atoms with Crippen LogP contribution in [0.2, 0.25) is 0 Å². The number of nitrogens with one attached hydrogen (secondary N) is 1. The summed E-state index contributed by atoms with van der Waals surface area (Å²) >= 11 is 5.49. The normalized spacial score (nSPS) is 26.4. The fraction of sp³-hybridized carbons (Fsp3) is 0.692. The number of halogens is 1. The molecule has 0 saturated carbocycles. The largest absolute Gasteiger partial charge is 0.378 e. The molecule has 0 spiro atoms. The minimum atomic E-state index is 0.408. The Morgan fingerprint density at radius 2 is 2.41 bits per heavy atom. The summed E-state index contributed by atoms with van der Waals surface area (Å²) in [6, 6.07) is 2.70. The third-order valence-electron chi connectivity index (χ3n) is 3.31. The van der Waals surface area contributed by atoms with Gasteiger partial charge >= 0.3 is 0 Å². The summed E-state index contributed by atoms with van der Waals surface area (Å²) in [5, 5.41) is 3.61. The van der Waals surface area contributed by atoms with Crippen LogP contribution in [0, 0.1) is 12.8 Å². The van der Waals surface area contributed by atoms with Gasteiger partial charge in [0.2, 0.25) is 0 Å². The van der Waals surface area contributed by atoms with Gasteiger partial charge in [-0.05, 0) is 48.8 Å². The second-order valence-corrected chi connectivity index (χ2v) is 6.87. The topological polar surface area (TPSA) is 21.3 Å². The molecule has 2 rings (SSSR count). The summed E-state index contributed by atoms with van der Waals surface area (Å²) < 4.78 is 6.93. The van der Waals surface area contributed by atoms with Crippen LogP contribution >= 0.6 is 27.3 Å². The van der Waals surface area contributed by atoms with E-state index in [0.29, 0.717) is 18.1 Å². The highest BCUT2D eigenvalue weighted by Gasteiger charge is 2.31. The number of hydrogen-bond acceptors (Lipinski definition) is 3. The van der Waals surface area contributed by atoms with Gasteiger partial charge in [0.05, 0.1) is 12.7 Å². The summed E-state index contributed by atoms with van der Waals surface area (Å²) in [5.41, 5.74) is 0. The minimum absolute atomic E-state index is 0.408. The molecule has 17 heavy (non-hydrogen) atoms. The van der Waals surface area contributed by atoms with E-state index < -0.39 is 0 Å². The molecular weight excluding hydrogens is 298 g/mol. The summed E-state index contributed by atoms with van der Waals surface area (Å²) in [5.74, 6) is 0.606. The van der Waals surface area contributed by atoms with E-state index in [2.05, 4.69) is 48.1 Å². The number of thiophene rings is 1. The molecule has 4 heteroatoms. The molecule has 0 aromatic carbocycles. The summed E-state index contributed by atoms with van der Waals surface area (Å²) in [7, 11) is 0. The van der Waals surface area contributed by atoms with Crippen molar-refractivity contribution in [3.8, 4) is 0 Å². The second kappa shape index (κ2) is 5.83. The summed E-state index contributed by atoms with van der Waals surface area (Å²) in [6.07, 6.45) is 1.57. The van der Waals surface area contributed by atoms with Crippen molar-refractivity contribution in [1.82, 2.24) is 5.32 Å². The van der Waals surface area contributed by atoms with Crippen LogP contribution in [0.1, 0.15) is 36.1 Å². The molecule has 0 radical (unpaired) electrons. The van der Waals surface area contributed by atoms with E-state index in [1.807, 2.05) is 11.3 Å². The highest BCUT2D eigenvalue weighted by atomic mass is 79.9. The predicted octanol–water partition coefficient (Wildman–Crippen LogP) is 3.89. The minimum Gasteiger partial charge on any atom is -0.378 e. The van der Waals surface area contributed by atoms with Crippen molar-refractivity contribution in [3.05, 3.63) is 20.3 Å². The van der Waals surface area contributed by atoms with Gasteiger partial charge in [-0.2, -0.15) is 0 Å². The maximum atomic E-state index is 5.70. The van der Waals surface area contributed by atoms with Crippen LogP contribution in [0.4, 0.5) is 0 Å². The number of ether oxygens (including phenoxy) is 1. The first kappa shape index (κ1) is 13.5. The molecule has 1 aromatic rings. The molecule has 1 aromatic heterocycles. The van der Waals surface area contributed by atoms with Crippen molar-refractivity contribution in [3.63, 3.8) is 0 Å². The molecule has 3 unspecified atom stereocenters. The molecule has 1 aliphatic rings. The van der Waals surface area contributed by atoms with Gasteiger partial charge in [-0.1, -0.05) is 6.92 Å². The summed E-state index contributed by atoms with van der Waals surface area (Å²) in [6.45, 7) is 8.38. The quantitative estimate of drug-likeness (QED) is 0.909.